The van der Waals surface area contributed by atoms with Crippen LogP contribution in [0, 0.1) is 0 Å². The highest BCUT2D eigenvalue weighted by Gasteiger charge is 2.16. The summed E-state index contributed by atoms with van der Waals surface area (Å²) in [7, 11) is 2.02. The van der Waals surface area contributed by atoms with Crippen LogP contribution >= 0.6 is 11.3 Å². The van der Waals surface area contributed by atoms with Gasteiger partial charge in [-0.15, -0.1) is 11.3 Å². The van der Waals surface area contributed by atoms with Gasteiger partial charge in [-0.05, 0) is 49.4 Å². The first-order chi connectivity index (χ1) is 10.2. The fourth-order valence-corrected chi connectivity index (χ4v) is 3.63. The van der Waals surface area contributed by atoms with Gasteiger partial charge in [0.1, 0.15) is 0 Å². The van der Waals surface area contributed by atoms with Crippen LogP contribution in [0.1, 0.15) is 37.2 Å². The summed E-state index contributed by atoms with van der Waals surface area (Å²) in [4.78, 5) is 0. The molecule has 1 atom stereocenters. The lowest BCUT2D eigenvalue weighted by atomic mass is 10.0. The van der Waals surface area contributed by atoms with Crippen molar-refractivity contribution in [1.29, 1.82) is 0 Å². The molecule has 0 radical (unpaired) electrons. The number of nitrogens with one attached hydrogen (secondary N) is 1. The monoisotopic (exact) mass is 299 g/mol. The van der Waals surface area contributed by atoms with Gasteiger partial charge in [0, 0.05) is 29.4 Å². The number of hydrogen-bond acceptors (Lipinski definition) is 3. The van der Waals surface area contributed by atoms with Gasteiger partial charge in [-0.2, -0.15) is 5.10 Å². The van der Waals surface area contributed by atoms with E-state index in [2.05, 4.69) is 66.2 Å². The van der Waals surface area contributed by atoms with E-state index in [1.54, 1.807) is 0 Å². The molecule has 1 aromatic carbocycles. The zero-order chi connectivity index (χ0) is 14.8. The number of aromatic nitrogens is 2. The highest BCUT2D eigenvalue weighted by Crippen LogP contribution is 2.31. The van der Waals surface area contributed by atoms with E-state index in [9.17, 15) is 0 Å². The number of nitrogens with zero attached hydrogens (tertiary/aromatic N) is 2. The van der Waals surface area contributed by atoms with Crippen molar-refractivity contribution >= 4 is 21.4 Å². The van der Waals surface area contributed by atoms with E-state index >= 15 is 0 Å². The molecule has 3 nitrogen and oxygen atoms in total. The lowest BCUT2D eigenvalue weighted by Crippen LogP contribution is -2.19. The summed E-state index contributed by atoms with van der Waals surface area (Å²) >= 11 is 1.81. The maximum Gasteiger partial charge on any atom is 0.0643 e. The quantitative estimate of drug-likeness (QED) is 0.766. The van der Waals surface area contributed by atoms with Crippen molar-refractivity contribution in [3.8, 4) is 0 Å². The second-order valence-electron chi connectivity index (χ2n) is 5.61. The van der Waals surface area contributed by atoms with E-state index in [-0.39, 0.29) is 0 Å². The van der Waals surface area contributed by atoms with Crippen molar-refractivity contribution < 1.29 is 0 Å². The second kappa shape index (κ2) is 6.00. The molecular formula is C17H21N3S. The molecule has 110 valence electrons. The molecule has 0 spiro atoms. The fourth-order valence-electron chi connectivity index (χ4n) is 2.62. The SMILES string of the molecule is CNC(Cc1ccn(C(C)C)n1)c1csc2ccccc12. The molecule has 2 aromatic heterocycles. The molecule has 0 saturated carbocycles. The summed E-state index contributed by atoms with van der Waals surface area (Å²) in [5.74, 6) is 0. The molecule has 0 amide bonds. The van der Waals surface area contributed by atoms with Crippen LogP contribution in [-0.4, -0.2) is 16.8 Å². The van der Waals surface area contributed by atoms with Gasteiger partial charge in [-0.1, -0.05) is 18.2 Å². The van der Waals surface area contributed by atoms with E-state index in [1.165, 1.54) is 15.6 Å². The zero-order valence-corrected chi connectivity index (χ0v) is 13.5. The van der Waals surface area contributed by atoms with Crippen LogP contribution in [0.3, 0.4) is 0 Å². The Morgan fingerprint density at radius 3 is 2.76 bits per heavy atom. The van der Waals surface area contributed by atoms with Crippen molar-refractivity contribution in [2.24, 2.45) is 0 Å². The van der Waals surface area contributed by atoms with Crippen LogP contribution in [0.25, 0.3) is 10.1 Å². The van der Waals surface area contributed by atoms with Crippen LogP contribution < -0.4 is 5.32 Å². The largest absolute Gasteiger partial charge is 0.313 e. The summed E-state index contributed by atoms with van der Waals surface area (Å²) in [5, 5.41) is 11.7. The Bertz CT molecular complexity index is 726. The lowest BCUT2D eigenvalue weighted by molar-refractivity contribution is 0.515. The van der Waals surface area contributed by atoms with E-state index in [1.807, 2.05) is 23.1 Å². The van der Waals surface area contributed by atoms with Crippen molar-refractivity contribution in [2.45, 2.75) is 32.4 Å². The van der Waals surface area contributed by atoms with Crippen molar-refractivity contribution in [3.63, 3.8) is 0 Å². The molecule has 21 heavy (non-hydrogen) atoms. The van der Waals surface area contributed by atoms with Crippen LogP contribution in [0.5, 0.6) is 0 Å². The lowest BCUT2D eigenvalue weighted by Gasteiger charge is -2.14. The summed E-state index contributed by atoms with van der Waals surface area (Å²) in [6, 6.07) is 11.4. The molecule has 1 N–H and O–H groups in total. The van der Waals surface area contributed by atoms with Crippen molar-refractivity contribution in [2.75, 3.05) is 7.05 Å². The Kier molecular flexibility index (Phi) is 4.08. The molecule has 1 unspecified atom stereocenters. The molecule has 2 heterocycles. The Hall–Kier alpha value is -1.65. The Morgan fingerprint density at radius 1 is 1.24 bits per heavy atom. The summed E-state index contributed by atoms with van der Waals surface area (Å²) in [5.41, 5.74) is 2.51. The normalized spacial score (nSPS) is 13.1. The number of benzene rings is 1. The highest BCUT2D eigenvalue weighted by molar-refractivity contribution is 7.17. The Labute approximate surface area is 129 Å². The maximum absolute atomic E-state index is 4.67. The molecule has 3 aromatic rings. The minimum absolute atomic E-state index is 0.302. The molecule has 4 heteroatoms. The Balaban J connectivity index is 1.87. The first kappa shape index (κ1) is 14.3. The van der Waals surface area contributed by atoms with Crippen LogP contribution in [0.4, 0.5) is 0 Å². The van der Waals surface area contributed by atoms with Gasteiger partial charge in [0.05, 0.1) is 5.69 Å². The summed E-state index contributed by atoms with van der Waals surface area (Å²) in [6.07, 6.45) is 2.98. The van der Waals surface area contributed by atoms with Crippen molar-refractivity contribution in [3.05, 3.63) is 53.2 Å². The molecule has 0 aliphatic rings. The molecular weight excluding hydrogens is 278 g/mol. The van der Waals surface area contributed by atoms with Gasteiger partial charge in [0.25, 0.3) is 0 Å². The number of rotatable bonds is 5. The van der Waals surface area contributed by atoms with E-state index < -0.39 is 0 Å². The van der Waals surface area contributed by atoms with E-state index in [0.717, 1.165) is 12.1 Å². The third-order valence-corrected chi connectivity index (χ3v) is 4.82. The molecule has 0 fully saturated rings. The summed E-state index contributed by atoms with van der Waals surface area (Å²) < 4.78 is 3.37. The van der Waals surface area contributed by atoms with Crippen molar-refractivity contribution in [1.82, 2.24) is 15.1 Å². The van der Waals surface area contributed by atoms with Gasteiger partial charge < -0.3 is 5.32 Å². The van der Waals surface area contributed by atoms with Gasteiger partial charge >= 0.3 is 0 Å². The third-order valence-electron chi connectivity index (χ3n) is 3.84. The number of fused-ring (bicyclic) bond motifs is 1. The minimum Gasteiger partial charge on any atom is -0.313 e. The van der Waals surface area contributed by atoms with E-state index in [4.69, 9.17) is 0 Å². The van der Waals surface area contributed by atoms with Gasteiger partial charge in [0.15, 0.2) is 0 Å². The molecule has 0 bridgehead atoms. The van der Waals surface area contributed by atoms with Crippen LogP contribution in [0.2, 0.25) is 0 Å². The smallest absolute Gasteiger partial charge is 0.0643 e. The molecule has 3 rings (SSSR count). The fraction of sp³-hybridized carbons (Fsp3) is 0.353. The molecule has 0 aliphatic heterocycles. The van der Waals surface area contributed by atoms with Gasteiger partial charge in [-0.3, -0.25) is 4.68 Å². The highest BCUT2D eigenvalue weighted by atomic mass is 32.1. The first-order valence-electron chi connectivity index (χ1n) is 7.36. The maximum atomic E-state index is 4.67. The topological polar surface area (TPSA) is 29.9 Å². The van der Waals surface area contributed by atoms with Gasteiger partial charge in [-0.25, -0.2) is 0 Å². The van der Waals surface area contributed by atoms with Crippen LogP contribution in [-0.2, 0) is 6.42 Å². The second-order valence-corrected chi connectivity index (χ2v) is 6.52. The molecule has 0 saturated heterocycles. The number of hydrogen-bond donors (Lipinski definition) is 1. The number of thiophene rings is 1. The standard InChI is InChI=1S/C17H21N3S/c1-12(2)20-9-8-13(19-20)10-16(18-3)15-11-21-17-7-5-4-6-14(15)17/h4-9,11-12,16,18H,10H2,1-3H3. The number of likely N-dealkylation sites (N-methyl/N-ethyl adjacent to an activating group) is 1. The third kappa shape index (κ3) is 2.87. The predicted octanol–water partition coefficient (Wildman–Crippen LogP) is 4.18. The van der Waals surface area contributed by atoms with Gasteiger partial charge in [0.2, 0.25) is 0 Å². The first-order valence-corrected chi connectivity index (χ1v) is 8.24. The molecule has 0 aliphatic carbocycles. The van der Waals surface area contributed by atoms with Crippen LogP contribution in [0.15, 0.2) is 41.9 Å². The minimum atomic E-state index is 0.302. The zero-order valence-electron chi connectivity index (χ0n) is 12.7. The Morgan fingerprint density at radius 2 is 2.05 bits per heavy atom. The average Bonchev–Trinajstić information content (AvgIpc) is 3.11. The van der Waals surface area contributed by atoms with E-state index in [0.29, 0.717) is 12.1 Å². The predicted molar refractivity (Wildman–Crippen MR) is 89.9 cm³/mol. The average molecular weight is 299 g/mol. The summed E-state index contributed by atoms with van der Waals surface area (Å²) in [6.45, 7) is 4.30.